The third-order valence-electron chi connectivity index (χ3n) is 2.77. The standard InChI is InChI=1S/C10H21N3O/c1-11-6-10(14)13(3)8-9-4-5-12(2)7-9/h9,11H,4-8H2,1-3H3. The van der Waals surface area contributed by atoms with E-state index in [0.29, 0.717) is 12.5 Å². The summed E-state index contributed by atoms with van der Waals surface area (Å²) in [6.45, 7) is 3.62. The summed E-state index contributed by atoms with van der Waals surface area (Å²) >= 11 is 0. The van der Waals surface area contributed by atoms with Gasteiger partial charge in [0.1, 0.15) is 0 Å². The molecule has 1 N–H and O–H groups in total. The van der Waals surface area contributed by atoms with Crippen LogP contribution >= 0.6 is 0 Å². The number of likely N-dealkylation sites (tertiary alicyclic amines) is 1. The number of hydrogen-bond donors (Lipinski definition) is 1. The Labute approximate surface area is 86.2 Å². The number of hydrogen-bond acceptors (Lipinski definition) is 3. The SMILES string of the molecule is CNCC(=O)N(C)CC1CCN(C)C1. The minimum Gasteiger partial charge on any atom is -0.344 e. The number of nitrogens with one attached hydrogen (secondary N) is 1. The van der Waals surface area contributed by atoms with Gasteiger partial charge in [-0.2, -0.15) is 0 Å². The van der Waals surface area contributed by atoms with Gasteiger partial charge in [-0.15, -0.1) is 0 Å². The van der Waals surface area contributed by atoms with Crippen LogP contribution in [0.15, 0.2) is 0 Å². The maximum Gasteiger partial charge on any atom is 0.236 e. The topological polar surface area (TPSA) is 35.6 Å². The first-order chi connectivity index (χ1) is 6.63. The van der Waals surface area contributed by atoms with Gasteiger partial charge in [0.15, 0.2) is 0 Å². The Morgan fingerprint density at radius 1 is 1.64 bits per heavy atom. The van der Waals surface area contributed by atoms with Crippen molar-refractivity contribution in [2.45, 2.75) is 6.42 Å². The van der Waals surface area contributed by atoms with Gasteiger partial charge in [0, 0.05) is 20.1 Å². The molecular formula is C10H21N3O. The monoisotopic (exact) mass is 199 g/mol. The zero-order valence-electron chi connectivity index (χ0n) is 9.42. The number of rotatable bonds is 4. The molecule has 1 rings (SSSR count). The molecule has 0 aromatic rings. The molecule has 1 amide bonds. The van der Waals surface area contributed by atoms with Gasteiger partial charge in [0.2, 0.25) is 5.91 Å². The second kappa shape index (κ2) is 5.32. The molecule has 4 nitrogen and oxygen atoms in total. The number of nitrogens with zero attached hydrogens (tertiary/aromatic N) is 2. The van der Waals surface area contributed by atoms with Gasteiger partial charge in [0.05, 0.1) is 6.54 Å². The number of carbonyl (C=O) groups excluding carboxylic acids is 1. The molecule has 1 aliphatic rings. The van der Waals surface area contributed by atoms with Crippen LogP contribution in [0.2, 0.25) is 0 Å². The average Bonchev–Trinajstić information content (AvgIpc) is 2.51. The van der Waals surface area contributed by atoms with E-state index in [1.54, 1.807) is 7.05 Å². The Balaban J connectivity index is 2.26. The fourth-order valence-corrected chi connectivity index (χ4v) is 1.95. The molecule has 0 aliphatic carbocycles. The molecule has 1 saturated heterocycles. The highest BCUT2D eigenvalue weighted by Gasteiger charge is 2.22. The second-order valence-corrected chi connectivity index (χ2v) is 4.22. The second-order valence-electron chi connectivity index (χ2n) is 4.22. The van der Waals surface area contributed by atoms with Crippen LogP contribution in [0.4, 0.5) is 0 Å². The molecule has 1 fully saturated rings. The van der Waals surface area contributed by atoms with Gasteiger partial charge < -0.3 is 15.1 Å². The first-order valence-electron chi connectivity index (χ1n) is 5.20. The molecule has 4 heteroatoms. The number of amides is 1. The van der Waals surface area contributed by atoms with E-state index in [2.05, 4.69) is 17.3 Å². The molecule has 0 saturated carbocycles. The van der Waals surface area contributed by atoms with Gasteiger partial charge in [-0.05, 0) is 33.0 Å². The lowest BCUT2D eigenvalue weighted by Crippen LogP contribution is -2.37. The van der Waals surface area contributed by atoms with Crippen molar-refractivity contribution in [2.24, 2.45) is 5.92 Å². The Kier molecular flexibility index (Phi) is 4.35. The number of likely N-dealkylation sites (N-methyl/N-ethyl adjacent to an activating group) is 2. The molecule has 0 aromatic carbocycles. The lowest BCUT2D eigenvalue weighted by atomic mass is 10.1. The molecular weight excluding hydrogens is 178 g/mol. The summed E-state index contributed by atoms with van der Waals surface area (Å²) in [6, 6.07) is 0. The summed E-state index contributed by atoms with van der Waals surface area (Å²) in [5.74, 6) is 0.841. The lowest BCUT2D eigenvalue weighted by molar-refractivity contribution is -0.129. The molecule has 14 heavy (non-hydrogen) atoms. The van der Waals surface area contributed by atoms with Crippen LogP contribution in [0.1, 0.15) is 6.42 Å². The van der Waals surface area contributed by atoms with Crippen LogP contribution in [-0.2, 0) is 4.79 Å². The summed E-state index contributed by atoms with van der Waals surface area (Å²) in [7, 11) is 5.82. The fourth-order valence-electron chi connectivity index (χ4n) is 1.95. The summed E-state index contributed by atoms with van der Waals surface area (Å²) < 4.78 is 0. The normalized spacial score (nSPS) is 22.6. The van der Waals surface area contributed by atoms with Crippen molar-refractivity contribution >= 4 is 5.91 Å². The Hall–Kier alpha value is -0.610. The Morgan fingerprint density at radius 2 is 2.36 bits per heavy atom. The molecule has 0 aromatic heterocycles. The predicted octanol–water partition coefficient (Wildman–Crippen LogP) is -0.384. The molecule has 1 unspecified atom stereocenters. The Bertz CT molecular complexity index is 196. The minimum atomic E-state index is 0.182. The smallest absolute Gasteiger partial charge is 0.236 e. The maximum absolute atomic E-state index is 11.5. The Morgan fingerprint density at radius 3 is 2.86 bits per heavy atom. The quantitative estimate of drug-likeness (QED) is 0.670. The summed E-state index contributed by atoms with van der Waals surface area (Å²) in [5.41, 5.74) is 0. The zero-order valence-corrected chi connectivity index (χ0v) is 9.42. The highest BCUT2D eigenvalue weighted by molar-refractivity contribution is 5.77. The lowest BCUT2D eigenvalue weighted by Gasteiger charge is -2.21. The van der Waals surface area contributed by atoms with Gasteiger partial charge in [-0.3, -0.25) is 4.79 Å². The maximum atomic E-state index is 11.5. The van der Waals surface area contributed by atoms with Gasteiger partial charge in [0.25, 0.3) is 0 Å². The zero-order chi connectivity index (χ0) is 10.6. The van der Waals surface area contributed by atoms with Crippen LogP contribution < -0.4 is 5.32 Å². The molecule has 0 spiro atoms. The molecule has 0 radical (unpaired) electrons. The van der Waals surface area contributed by atoms with Crippen LogP contribution in [0.3, 0.4) is 0 Å². The molecule has 1 aliphatic heterocycles. The van der Waals surface area contributed by atoms with Crippen LogP contribution in [0.25, 0.3) is 0 Å². The van der Waals surface area contributed by atoms with Crippen molar-refractivity contribution in [1.29, 1.82) is 0 Å². The molecule has 82 valence electrons. The minimum absolute atomic E-state index is 0.182. The average molecular weight is 199 g/mol. The van der Waals surface area contributed by atoms with E-state index in [9.17, 15) is 4.79 Å². The van der Waals surface area contributed by atoms with E-state index in [4.69, 9.17) is 0 Å². The van der Waals surface area contributed by atoms with Crippen LogP contribution in [0, 0.1) is 5.92 Å². The molecule has 0 bridgehead atoms. The van der Waals surface area contributed by atoms with Gasteiger partial charge in [-0.1, -0.05) is 0 Å². The van der Waals surface area contributed by atoms with Gasteiger partial charge in [-0.25, -0.2) is 0 Å². The van der Waals surface area contributed by atoms with Crippen molar-refractivity contribution in [2.75, 3.05) is 47.3 Å². The van der Waals surface area contributed by atoms with E-state index in [0.717, 1.165) is 13.1 Å². The third-order valence-corrected chi connectivity index (χ3v) is 2.77. The fraction of sp³-hybridized carbons (Fsp3) is 0.900. The third kappa shape index (κ3) is 3.27. The highest BCUT2D eigenvalue weighted by atomic mass is 16.2. The summed E-state index contributed by atoms with van der Waals surface area (Å²) in [6.07, 6.45) is 1.22. The first kappa shape index (κ1) is 11.5. The highest BCUT2D eigenvalue weighted by Crippen LogP contribution is 2.14. The van der Waals surface area contributed by atoms with Crippen molar-refractivity contribution in [1.82, 2.24) is 15.1 Å². The predicted molar refractivity (Wildman–Crippen MR) is 57.2 cm³/mol. The summed E-state index contributed by atoms with van der Waals surface area (Å²) in [5, 5.41) is 2.88. The van der Waals surface area contributed by atoms with Crippen molar-refractivity contribution < 1.29 is 4.79 Å². The van der Waals surface area contributed by atoms with E-state index < -0.39 is 0 Å². The van der Waals surface area contributed by atoms with Crippen molar-refractivity contribution in [3.05, 3.63) is 0 Å². The number of carbonyl (C=O) groups is 1. The van der Waals surface area contributed by atoms with E-state index in [1.807, 2.05) is 11.9 Å². The summed E-state index contributed by atoms with van der Waals surface area (Å²) in [4.78, 5) is 15.6. The van der Waals surface area contributed by atoms with Crippen molar-refractivity contribution in [3.8, 4) is 0 Å². The molecule has 1 atom stereocenters. The van der Waals surface area contributed by atoms with E-state index in [-0.39, 0.29) is 5.91 Å². The van der Waals surface area contributed by atoms with Crippen LogP contribution in [-0.4, -0.2) is 63.0 Å². The van der Waals surface area contributed by atoms with E-state index >= 15 is 0 Å². The first-order valence-corrected chi connectivity index (χ1v) is 5.20. The largest absolute Gasteiger partial charge is 0.344 e. The van der Waals surface area contributed by atoms with Crippen LogP contribution in [0.5, 0.6) is 0 Å². The van der Waals surface area contributed by atoms with Crippen molar-refractivity contribution in [3.63, 3.8) is 0 Å². The van der Waals surface area contributed by atoms with Gasteiger partial charge >= 0.3 is 0 Å². The van der Waals surface area contributed by atoms with E-state index in [1.165, 1.54) is 13.0 Å². The molecule has 1 heterocycles.